The van der Waals surface area contributed by atoms with E-state index in [-0.39, 0.29) is 5.41 Å². The minimum Gasteiger partial charge on any atom is -0.396 e. The third-order valence-corrected chi connectivity index (χ3v) is 4.81. The van der Waals surface area contributed by atoms with E-state index in [1.54, 1.807) is 0 Å². The Labute approximate surface area is 124 Å². The molecule has 1 fully saturated rings. The number of hydrogen-bond donors (Lipinski definition) is 2. The van der Waals surface area contributed by atoms with Crippen LogP contribution in [0.3, 0.4) is 0 Å². The average Bonchev–Trinajstić information content (AvgIpc) is 2.89. The summed E-state index contributed by atoms with van der Waals surface area (Å²) in [6.07, 6.45) is 5.91. The van der Waals surface area contributed by atoms with Crippen molar-refractivity contribution >= 4 is 15.9 Å². The molecule has 0 radical (unpaired) electrons. The molecule has 1 atom stereocenters. The SMILES string of the molecule is CC(Cc1ccc(Br)cc1)NCC1(CO)CCCC1. The first kappa shape index (κ1) is 15.0. The second kappa shape index (κ2) is 6.87. The van der Waals surface area contributed by atoms with Gasteiger partial charge in [-0.3, -0.25) is 0 Å². The van der Waals surface area contributed by atoms with Crippen LogP contribution in [0.25, 0.3) is 0 Å². The van der Waals surface area contributed by atoms with Crippen LogP contribution in [0.1, 0.15) is 38.2 Å². The second-order valence-corrected chi connectivity index (χ2v) is 6.89. The molecule has 0 amide bonds. The zero-order valence-corrected chi connectivity index (χ0v) is 13.2. The van der Waals surface area contributed by atoms with E-state index in [1.165, 1.54) is 31.2 Å². The van der Waals surface area contributed by atoms with Gasteiger partial charge in [0.1, 0.15) is 0 Å². The molecular weight excluding hydrogens is 302 g/mol. The van der Waals surface area contributed by atoms with Gasteiger partial charge in [-0.05, 0) is 43.9 Å². The largest absolute Gasteiger partial charge is 0.396 e. The number of halogens is 1. The van der Waals surface area contributed by atoms with E-state index in [1.807, 2.05) is 0 Å². The standard InChI is InChI=1S/C16H24BrNO/c1-13(10-14-4-6-15(17)7-5-14)18-11-16(12-19)8-2-3-9-16/h4-7,13,18-19H,2-3,8-12H2,1H3. The highest BCUT2D eigenvalue weighted by molar-refractivity contribution is 9.10. The van der Waals surface area contributed by atoms with Crippen molar-refractivity contribution in [3.05, 3.63) is 34.3 Å². The lowest BCUT2D eigenvalue weighted by Crippen LogP contribution is -2.40. The predicted molar refractivity (Wildman–Crippen MR) is 83.3 cm³/mol. The summed E-state index contributed by atoms with van der Waals surface area (Å²) < 4.78 is 1.13. The third-order valence-electron chi connectivity index (χ3n) is 4.28. The van der Waals surface area contributed by atoms with Gasteiger partial charge in [0.05, 0.1) is 0 Å². The Bertz CT molecular complexity index is 384. The predicted octanol–water partition coefficient (Wildman–Crippen LogP) is 3.52. The second-order valence-electron chi connectivity index (χ2n) is 5.98. The van der Waals surface area contributed by atoms with Gasteiger partial charge in [0, 0.05) is 29.1 Å². The Morgan fingerprint density at radius 1 is 1.26 bits per heavy atom. The lowest BCUT2D eigenvalue weighted by Gasteiger charge is -2.28. The van der Waals surface area contributed by atoms with E-state index < -0.39 is 0 Å². The molecule has 0 aliphatic heterocycles. The normalized spacial score (nSPS) is 19.5. The lowest BCUT2D eigenvalue weighted by molar-refractivity contribution is 0.125. The number of aliphatic hydroxyl groups is 1. The first-order valence-electron chi connectivity index (χ1n) is 7.22. The van der Waals surface area contributed by atoms with Crippen molar-refractivity contribution in [2.24, 2.45) is 5.41 Å². The molecule has 2 rings (SSSR count). The third kappa shape index (κ3) is 4.30. The highest BCUT2D eigenvalue weighted by atomic mass is 79.9. The summed E-state index contributed by atoms with van der Waals surface area (Å²) in [5.41, 5.74) is 1.50. The summed E-state index contributed by atoms with van der Waals surface area (Å²) >= 11 is 3.46. The molecule has 0 spiro atoms. The van der Waals surface area contributed by atoms with Crippen molar-refractivity contribution in [3.8, 4) is 0 Å². The summed E-state index contributed by atoms with van der Waals surface area (Å²) in [6.45, 7) is 3.49. The van der Waals surface area contributed by atoms with Gasteiger partial charge in [-0.25, -0.2) is 0 Å². The molecule has 1 aromatic carbocycles. The fourth-order valence-electron chi connectivity index (χ4n) is 2.95. The lowest BCUT2D eigenvalue weighted by atomic mass is 9.87. The fourth-order valence-corrected chi connectivity index (χ4v) is 3.22. The molecule has 2 nitrogen and oxygen atoms in total. The monoisotopic (exact) mass is 325 g/mol. The van der Waals surface area contributed by atoms with Crippen molar-refractivity contribution < 1.29 is 5.11 Å². The van der Waals surface area contributed by atoms with Crippen molar-refractivity contribution in [2.75, 3.05) is 13.2 Å². The maximum Gasteiger partial charge on any atom is 0.0499 e. The maximum atomic E-state index is 9.60. The van der Waals surface area contributed by atoms with Crippen molar-refractivity contribution in [1.82, 2.24) is 5.32 Å². The van der Waals surface area contributed by atoms with Crippen molar-refractivity contribution in [1.29, 1.82) is 0 Å². The molecule has 0 aromatic heterocycles. The van der Waals surface area contributed by atoms with Crippen LogP contribution in [0, 0.1) is 5.41 Å². The first-order valence-corrected chi connectivity index (χ1v) is 8.02. The highest BCUT2D eigenvalue weighted by Gasteiger charge is 2.32. The number of rotatable bonds is 6. The van der Waals surface area contributed by atoms with Gasteiger partial charge in [0.25, 0.3) is 0 Å². The quantitative estimate of drug-likeness (QED) is 0.838. The van der Waals surface area contributed by atoms with E-state index in [9.17, 15) is 5.11 Å². The molecule has 0 bridgehead atoms. The summed E-state index contributed by atoms with van der Waals surface area (Å²) in [7, 11) is 0. The van der Waals surface area contributed by atoms with Gasteiger partial charge in [0.2, 0.25) is 0 Å². The van der Waals surface area contributed by atoms with Crippen LogP contribution in [0.15, 0.2) is 28.7 Å². The number of nitrogens with one attached hydrogen (secondary N) is 1. The zero-order valence-electron chi connectivity index (χ0n) is 11.7. The Balaban J connectivity index is 1.81. The molecule has 1 saturated carbocycles. The molecule has 0 saturated heterocycles. The highest BCUT2D eigenvalue weighted by Crippen LogP contribution is 2.37. The molecule has 1 unspecified atom stereocenters. The minimum atomic E-state index is 0.147. The molecule has 1 aromatic rings. The summed E-state index contributed by atoms with van der Waals surface area (Å²) in [5, 5.41) is 13.2. The van der Waals surface area contributed by atoms with Gasteiger partial charge in [0.15, 0.2) is 0 Å². The van der Waals surface area contributed by atoms with Crippen LogP contribution in [0.4, 0.5) is 0 Å². The van der Waals surface area contributed by atoms with Crippen LogP contribution in [-0.2, 0) is 6.42 Å². The van der Waals surface area contributed by atoms with E-state index in [0.717, 1.165) is 17.4 Å². The van der Waals surface area contributed by atoms with E-state index in [2.05, 4.69) is 52.4 Å². The Morgan fingerprint density at radius 3 is 2.47 bits per heavy atom. The van der Waals surface area contributed by atoms with E-state index >= 15 is 0 Å². The van der Waals surface area contributed by atoms with Crippen LogP contribution in [-0.4, -0.2) is 24.3 Å². The van der Waals surface area contributed by atoms with Crippen molar-refractivity contribution in [2.45, 2.75) is 45.1 Å². The van der Waals surface area contributed by atoms with Crippen LogP contribution in [0.2, 0.25) is 0 Å². The number of aliphatic hydroxyl groups excluding tert-OH is 1. The maximum absolute atomic E-state index is 9.60. The summed E-state index contributed by atoms with van der Waals surface area (Å²) in [4.78, 5) is 0. The van der Waals surface area contributed by atoms with Crippen LogP contribution < -0.4 is 5.32 Å². The first-order chi connectivity index (χ1) is 9.13. The number of hydrogen-bond acceptors (Lipinski definition) is 2. The topological polar surface area (TPSA) is 32.3 Å². The van der Waals surface area contributed by atoms with E-state index in [0.29, 0.717) is 12.6 Å². The molecule has 0 heterocycles. The molecule has 106 valence electrons. The summed E-state index contributed by atoms with van der Waals surface area (Å²) in [6, 6.07) is 8.96. The average molecular weight is 326 g/mol. The van der Waals surface area contributed by atoms with Gasteiger partial charge in [-0.1, -0.05) is 40.9 Å². The van der Waals surface area contributed by atoms with Gasteiger partial charge < -0.3 is 10.4 Å². The fraction of sp³-hybridized carbons (Fsp3) is 0.625. The van der Waals surface area contributed by atoms with Crippen LogP contribution >= 0.6 is 15.9 Å². The zero-order chi connectivity index (χ0) is 13.7. The minimum absolute atomic E-state index is 0.147. The van der Waals surface area contributed by atoms with Gasteiger partial charge in [-0.2, -0.15) is 0 Å². The number of benzene rings is 1. The van der Waals surface area contributed by atoms with Gasteiger partial charge in [-0.15, -0.1) is 0 Å². The molecule has 19 heavy (non-hydrogen) atoms. The molecule has 2 N–H and O–H groups in total. The Kier molecular flexibility index (Phi) is 5.43. The molecular formula is C16H24BrNO. The van der Waals surface area contributed by atoms with Gasteiger partial charge >= 0.3 is 0 Å². The Hall–Kier alpha value is -0.380. The van der Waals surface area contributed by atoms with E-state index in [4.69, 9.17) is 0 Å². The Morgan fingerprint density at radius 2 is 1.89 bits per heavy atom. The smallest absolute Gasteiger partial charge is 0.0499 e. The van der Waals surface area contributed by atoms with Crippen LogP contribution in [0.5, 0.6) is 0 Å². The molecule has 3 heteroatoms. The molecule has 1 aliphatic rings. The summed E-state index contributed by atoms with van der Waals surface area (Å²) in [5.74, 6) is 0. The molecule has 1 aliphatic carbocycles. The van der Waals surface area contributed by atoms with Crippen molar-refractivity contribution in [3.63, 3.8) is 0 Å².